The van der Waals surface area contributed by atoms with Gasteiger partial charge in [-0.05, 0) is 42.6 Å². The van der Waals surface area contributed by atoms with Crippen LogP contribution in [0.5, 0.6) is 5.75 Å². The summed E-state index contributed by atoms with van der Waals surface area (Å²) in [5.74, 6) is 0.488. The molecule has 0 spiro atoms. The van der Waals surface area contributed by atoms with Gasteiger partial charge >= 0.3 is 0 Å². The van der Waals surface area contributed by atoms with Crippen molar-refractivity contribution in [3.63, 3.8) is 0 Å². The smallest absolute Gasteiger partial charge is 0.201 e. The minimum absolute atomic E-state index is 0.208. The summed E-state index contributed by atoms with van der Waals surface area (Å²) in [5, 5.41) is 0.507. The Kier molecular flexibility index (Phi) is 9.08. The van der Waals surface area contributed by atoms with E-state index in [0.717, 1.165) is 54.6 Å². The first kappa shape index (κ1) is 28.1. The predicted molar refractivity (Wildman–Crippen MR) is 157 cm³/mol. The zero-order chi connectivity index (χ0) is 27.3. The first-order valence-electron chi connectivity index (χ1n) is 12.1. The Bertz CT molecular complexity index is 1350. The van der Waals surface area contributed by atoms with Crippen LogP contribution in [0.2, 0.25) is 0 Å². The third kappa shape index (κ3) is 7.34. The fourth-order valence-corrected chi connectivity index (χ4v) is 6.13. The quantitative estimate of drug-likeness (QED) is 0.220. The van der Waals surface area contributed by atoms with Crippen molar-refractivity contribution in [3.8, 4) is 5.75 Å². The van der Waals surface area contributed by atoms with Crippen molar-refractivity contribution in [3.05, 3.63) is 83.5 Å². The van der Waals surface area contributed by atoms with Gasteiger partial charge in [-0.3, -0.25) is 4.99 Å². The average Bonchev–Trinajstić information content (AvgIpc) is 3.31. The molecule has 11 heteroatoms. The van der Waals surface area contributed by atoms with Crippen LogP contribution in [0.25, 0.3) is 0 Å². The lowest BCUT2D eigenvalue weighted by atomic mass is 10.2. The van der Waals surface area contributed by atoms with Crippen LogP contribution >= 0.6 is 30.3 Å². The minimum atomic E-state index is -1.95. The van der Waals surface area contributed by atoms with Gasteiger partial charge in [0, 0.05) is 74.2 Å². The van der Waals surface area contributed by atoms with Gasteiger partial charge in [0.05, 0.1) is 25.0 Å². The molecule has 0 amide bonds. The van der Waals surface area contributed by atoms with E-state index in [9.17, 15) is 8.96 Å². The first-order chi connectivity index (χ1) is 18.1. The van der Waals surface area contributed by atoms with E-state index < -0.39 is 12.8 Å². The summed E-state index contributed by atoms with van der Waals surface area (Å²) in [6, 6.07) is 14.2. The van der Waals surface area contributed by atoms with Crippen molar-refractivity contribution in [2.24, 2.45) is 4.99 Å². The molecule has 3 aromatic rings. The van der Waals surface area contributed by atoms with Crippen molar-refractivity contribution in [2.75, 3.05) is 54.7 Å². The number of allylic oxidation sites excluding steroid dienone is 1. The zero-order valence-corrected chi connectivity index (χ0v) is 23.7. The van der Waals surface area contributed by atoms with Crippen LogP contribution in [0.3, 0.4) is 0 Å². The molecule has 0 bridgehead atoms. The molecule has 0 radical (unpaired) electrons. The maximum Gasteiger partial charge on any atom is 0.201 e. The molecule has 1 fully saturated rings. The standard InChI is InChI=1S/C16H20Cl2N3O2P.C11H11FN2/c1-23-15-9-13(20-5-7-24(2,22)8-6-20)3-4-14(15)21-11-12(17)10-19-16(21)18;12-10-3-1-9(2-4-10)7-14-6-5-11(13)8-14/h3-4,9-11,16H,5-8H2,1-2H3;1-6,8H,7,13H2. The molecule has 2 aromatic carbocycles. The SMILES string of the molecule is COc1cc(N2CCP(C)(=O)CC2)ccc1N1C=C(Cl)C=NC1Cl.Nc1ccn(Cc2ccc(F)cc2)c1. The fraction of sp³-hybridized carbons (Fsp3) is 0.296. The number of rotatable bonds is 5. The van der Waals surface area contributed by atoms with E-state index in [4.69, 9.17) is 33.7 Å². The molecule has 38 heavy (non-hydrogen) atoms. The molecule has 2 N–H and O–H groups in total. The molecular weight excluding hydrogens is 547 g/mol. The van der Waals surface area contributed by atoms with Crippen molar-refractivity contribution in [1.29, 1.82) is 0 Å². The molecule has 0 saturated carbocycles. The van der Waals surface area contributed by atoms with Crippen molar-refractivity contribution in [2.45, 2.75) is 12.2 Å². The molecule has 2 aliphatic heterocycles. The van der Waals surface area contributed by atoms with E-state index in [1.165, 1.54) is 18.3 Å². The Labute approximate surface area is 232 Å². The average molecular weight is 578 g/mol. The van der Waals surface area contributed by atoms with E-state index in [2.05, 4.69) is 9.89 Å². The number of hydrogen-bond donors (Lipinski definition) is 1. The van der Waals surface area contributed by atoms with Crippen molar-refractivity contribution < 1.29 is 13.7 Å². The van der Waals surface area contributed by atoms with Gasteiger partial charge in [-0.2, -0.15) is 0 Å². The minimum Gasteiger partial charge on any atom is -0.494 e. The predicted octanol–water partition coefficient (Wildman–Crippen LogP) is 6.26. The molecule has 2 aliphatic rings. The highest BCUT2D eigenvalue weighted by atomic mass is 35.5. The lowest BCUT2D eigenvalue weighted by molar-refractivity contribution is 0.415. The number of anilines is 3. The summed E-state index contributed by atoms with van der Waals surface area (Å²) in [6.07, 6.45) is 8.52. The first-order valence-corrected chi connectivity index (χ1v) is 15.4. The molecule has 5 rings (SSSR count). The van der Waals surface area contributed by atoms with Crippen LogP contribution in [-0.2, 0) is 11.1 Å². The molecule has 3 heterocycles. The van der Waals surface area contributed by atoms with Crippen LogP contribution in [0.4, 0.5) is 21.5 Å². The summed E-state index contributed by atoms with van der Waals surface area (Å²) in [4.78, 5) is 8.15. The lowest BCUT2D eigenvalue weighted by Crippen LogP contribution is -2.34. The Morgan fingerprint density at radius 1 is 1.16 bits per heavy atom. The van der Waals surface area contributed by atoms with E-state index in [-0.39, 0.29) is 5.82 Å². The number of aliphatic imine (C=N–C) groups is 1. The molecule has 1 saturated heterocycles. The van der Waals surface area contributed by atoms with Gasteiger partial charge in [-0.25, -0.2) is 4.39 Å². The molecule has 7 nitrogen and oxygen atoms in total. The van der Waals surface area contributed by atoms with E-state index in [1.807, 2.05) is 47.9 Å². The largest absolute Gasteiger partial charge is 0.494 e. The topological polar surface area (TPSA) is 76.1 Å². The summed E-state index contributed by atoms with van der Waals surface area (Å²) in [7, 11) is -0.321. The van der Waals surface area contributed by atoms with Gasteiger partial charge in [0.15, 0.2) is 0 Å². The second-order valence-corrected chi connectivity index (χ2v) is 13.7. The van der Waals surface area contributed by atoms with Gasteiger partial charge in [0.1, 0.15) is 11.6 Å². The molecule has 0 aliphatic carbocycles. The van der Waals surface area contributed by atoms with Gasteiger partial charge in [-0.15, -0.1) is 0 Å². The highest BCUT2D eigenvalue weighted by Gasteiger charge is 2.26. The van der Waals surface area contributed by atoms with Crippen LogP contribution in [0.15, 0.2) is 77.1 Å². The molecule has 202 valence electrons. The Morgan fingerprint density at radius 2 is 1.87 bits per heavy atom. The Morgan fingerprint density at radius 3 is 2.50 bits per heavy atom. The third-order valence-electron chi connectivity index (χ3n) is 6.36. The van der Waals surface area contributed by atoms with Crippen molar-refractivity contribution >= 4 is 53.6 Å². The number of nitrogens with zero attached hydrogens (tertiary/aromatic N) is 4. The number of aromatic nitrogens is 1. The Balaban J connectivity index is 0.000000204. The maximum atomic E-state index is 12.6. The molecule has 1 unspecified atom stereocenters. The van der Waals surface area contributed by atoms with Gasteiger partial charge in [0.2, 0.25) is 5.62 Å². The second kappa shape index (κ2) is 12.3. The number of nitrogens with two attached hydrogens (primary N) is 1. The van der Waals surface area contributed by atoms with Crippen LogP contribution in [-0.4, -0.2) is 55.6 Å². The zero-order valence-electron chi connectivity index (χ0n) is 21.3. The monoisotopic (exact) mass is 577 g/mol. The Hall–Kier alpha value is -2.93. The summed E-state index contributed by atoms with van der Waals surface area (Å²) in [5.41, 5.74) is 8.67. The van der Waals surface area contributed by atoms with Gasteiger partial charge in [-0.1, -0.05) is 35.3 Å². The van der Waals surface area contributed by atoms with E-state index in [1.54, 1.807) is 30.3 Å². The summed E-state index contributed by atoms with van der Waals surface area (Å²) in [6.45, 7) is 4.21. The number of halogens is 3. The highest BCUT2D eigenvalue weighted by molar-refractivity contribution is 7.63. The summed E-state index contributed by atoms with van der Waals surface area (Å²) < 4.78 is 32.3. The van der Waals surface area contributed by atoms with Crippen LogP contribution in [0, 0.1) is 5.82 Å². The normalized spacial score (nSPS) is 18.4. The molecular formula is C27H31Cl2FN5O2P. The maximum absolute atomic E-state index is 12.6. The fourth-order valence-electron chi connectivity index (χ4n) is 4.20. The van der Waals surface area contributed by atoms with Gasteiger partial charge in [0.25, 0.3) is 0 Å². The number of ether oxygens (including phenoxy) is 1. The van der Waals surface area contributed by atoms with Gasteiger partial charge < -0.3 is 29.4 Å². The number of benzene rings is 2. The van der Waals surface area contributed by atoms with Crippen LogP contribution in [0.1, 0.15) is 5.56 Å². The molecule has 1 aromatic heterocycles. The summed E-state index contributed by atoms with van der Waals surface area (Å²) >= 11 is 12.3. The van der Waals surface area contributed by atoms with E-state index >= 15 is 0 Å². The van der Waals surface area contributed by atoms with E-state index in [0.29, 0.717) is 10.8 Å². The second-order valence-electron chi connectivity index (χ2n) is 9.34. The van der Waals surface area contributed by atoms with Crippen LogP contribution < -0.4 is 20.3 Å². The third-order valence-corrected chi connectivity index (χ3v) is 9.17. The number of alkyl halides is 1. The lowest BCUT2D eigenvalue weighted by Gasteiger charge is -2.33. The highest BCUT2D eigenvalue weighted by Crippen LogP contribution is 2.44. The molecule has 1 atom stereocenters. The number of hydrogen-bond acceptors (Lipinski definition) is 6. The number of nitrogen functional groups attached to an aromatic ring is 1. The number of methoxy groups -OCH3 is 1. The van der Waals surface area contributed by atoms with Crippen molar-refractivity contribution in [1.82, 2.24) is 4.57 Å².